The number of carbonyl (C=O) groups is 2. The van der Waals surface area contributed by atoms with Crippen molar-refractivity contribution in [1.82, 2.24) is 9.80 Å². The molecule has 2 aliphatic rings. The molecule has 2 aromatic carbocycles. The first-order valence-corrected chi connectivity index (χ1v) is 11.3. The highest BCUT2D eigenvalue weighted by Crippen LogP contribution is 2.48. The van der Waals surface area contributed by atoms with Crippen molar-refractivity contribution >= 4 is 35.2 Å². The standard InChI is InChI=1S/C23H27N3O4S/c1-24-11-13-25(14-12-24)10-5-15-30-23(28)26-18-6-3-4-7-20(18)31-21-16-17(22(27)29-2)8-9-19(21)26/h3-4,6-9,16H,5,10-15H2,1-2H3. The van der Waals surface area contributed by atoms with Crippen LogP contribution in [-0.2, 0) is 9.47 Å². The molecule has 0 radical (unpaired) electrons. The van der Waals surface area contributed by atoms with E-state index in [4.69, 9.17) is 9.47 Å². The van der Waals surface area contributed by atoms with Crippen LogP contribution in [0, 0.1) is 0 Å². The summed E-state index contributed by atoms with van der Waals surface area (Å²) in [6.45, 7) is 5.55. The summed E-state index contributed by atoms with van der Waals surface area (Å²) in [7, 11) is 3.50. The summed E-state index contributed by atoms with van der Waals surface area (Å²) in [5.41, 5.74) is 1.95. The Morgan fingerprint density at radius 1 is 1.00 bits per heavy atom. The van der Waals surface area contributed by atoms with Gasteiger partial charge in [-0.05, 0) is 43.8 Å². The van der Waals surface area contributed by atoms with Gasteiger partial charge in [0, 0.05) is 42.5 Å². The second-order valence-corrected chi connectivity index (χ2v) is 8.78. The first-order chi connectivity index (χ1) is 15.1. The molecule has 1 amide bonds. The van der Waals surface area contributed by atoms with Crippen molar-refractivity contribution in [2.45, 2.75) is 16.2 Å². The first kappa shape index (κ1) is 21.7. The Morgan fingerprint density at radius 3 is 2.52 bits per heavy atom. The summed E-state index contributed by atoms with van der Waals surface area (Å²) in [5, 5.41) is 0. The highest BCUT2D eigenvalue weighted by atomic mass is 32.2. The topological polar surface area (TPSA) is 62.3 Å². The molecular weight excluding hydrogens is 414 g/mol. The zero-order valence-corrected chi connectivity index (χ0v) is 18.7. The van der Waals surface area contributed by atoms with E-state index in [1.165, 1.54) is 18.9 Å². The number of anilines is 2. The number of amides is 1. The summed E-state index contributed by atoms with van der Waals surface area (Å²) < 4.78 is 10.5. The van der Waals surface area contributed by atoms with E-state index in [2.05, 4.69) is 16.8 Å². The van der Waals surface area contributed by atoms with E-state index in [0.29, 0.717) is 17.9 Å². The molecular formula is C23H27N3O4S. The Bertz CT molecular complexity index is 960. The zero-order valence-electron chi connectivity index (χ0n) is 17.9. The molecule has 0 aliphatic carbocycles. The maximum absolute atomic E-state index is 13.1. The number of carbonyl (C=O) groups excluding carboxylic acids is 2. The van der Waals surface area contributed by atoms with E-state index in [-0.39, 0.29) is 0 Å². The smallest absolute Gasteiger partial charge is 0.419 e. The number of piperazine rings is 1. The molecule has 1 saturated heterocycles. The molecule has 2 aliphatic heterocycles. The molecule has 0 unspecified atom stereocenters. The predicted octanol–water partition coefficient (Wildman–Crippen LogP) is 3.85. The van der Waals surface area contributed by atoms with Gasteiger partial charge in [0.15, 0.2) is 0 Å². The summed E-state index contributed by atoms with van der Waals surface area (Å²) in [6.07, 6.45) is 0.395. The Labute approximate surface area is 186 Å². The van der Waals surface area contributed by atoms with Crippen LogP contribution >= 0.6 is 11.8 Å². The van der Waals surface area contributed by atoms with Crippen LogP contribution in [0.25, 0.3) is 0 Å². The second-order valence-electron chi connectivity index (χ2n) is 7.69. The maximum atomic E-state index is 13.1. The Balaban J connectivity index is 1.45. The van der Waals surface area contributed by atoms with Crippen LogP contribution in [0.3, 0.4) is 0 Å². The van der Waals surface area contributed by atoms with Gasteiger partial charge in [-0.1, -0.05) is 23.9 Å². The molecule has 164 valence electrons. The van der Waals surface area contributed by atoms with Gasteiger partial charge in [0.1, 0.15) is 0 Å². The van der Waals surface area contributed by atoms with Gasteiger partial charge < -0.3 is 19.3 Å². The third kappa shape index (κ3) is 4.87. The SMILES string of the molecule is COC(=O)c1ccc2c(c1)Sc1ccccc1N2C(=O)OCCCN1CCN(C)CC1. The highest BCUT2D eigenvalue weighted by molar-refractivity contribution is 7.99. The van der Waals surface area contributed by atoms with Crippen LogP contribution in [0.5, 0.6) is 0 Å². The highest BCUT2D eigenvalue weighted by Gasteiger charge is 2.30. The average Bonchev–Trinajstić information content (AvgIpc) is 2.80. The van der Waals surface area contributed by atoms with Gasteiger partial charge in [-0.15, -0.1) is 0 Å². The van der Waals surface area contributed by atoms with Crippen molar-refractivity contribution < 1.29 is 19.1 Å². The van der Waals surface area contributed by atoms with Crippen molar-refractivity contribution in [1.29, 1.82) is 0 Å². The number of methoxy groups -OCH3 is 1. The maximum Gasteiger partial charge on any atom is 0.419 e. The van der Waals surface area contributed by atoms with Crippen LogP contribution in [0.1, 0.15) is 16.8 Å². The van der Waals surface area contributed by atoms with E-state index in [1.807, 2.05) is 24.3 Å². The fraction of sp³-hybridized carbons (Fsp3) is 0.391. The molecule has 0 atom stereocenters. The van der Waals surface area contributed by atoms with E-state index in [0.717, 1.165) is 54.6 Å². The van der Waals surface area contributed by atoms with E-state index in [1.54, 1.807) is 23.1 Å². The summed E-state index contributed by atoms with van der Waals surface area (Å²) in [5.74, 6) is -0.403. The van der Waals surface area contributed by atoms with Crippen molar-refractivity contribution in [2.24, 2.45) is 0 Å². The van der Waals surface area contributed by atoms with Crippen LogP contribution in [0.4, 0.5) is 16.2 Å². The van der Waals surface area contributed by atoms with Crippen LogP contribution < -0.4 is 4.90 Å². The van der Waals surface area contributed by atoms with Crippen LogP contribution in [0.2, 0.25) is 0 Å². The number of hydrogen-bond donors (Lipinski definition) is 0. The number of fused-ring (bicyclic) bond motifs is 2. The molecule has 0 aromatic heterocycles. The molecule has 1 fully saturated rings. The van der Waals surface area contributed by atoms with Crippen molar-refractivity contribution in [3.05, 3.63) is 48.0 Å². The predicted molar refractivity (Wildman–Crippen MR) is 120 cm³/mol. The quantitative estimate of drug-likeness (QED) is 0.516. The molecule has 0 spiro atoms. The lowest BCUT2D eigenvalue weighted by Gasteiger charge is -2.32. The number of ether oxygens (including phenoxy) is 2. The van der Waals surface area contributed by atoms with Gasteiger partial charge in [-0.2, -0.15) is 0 Å². The average molecular weight is 442 g/mol. The molecule has 2 heterocycles. The number of likely N-dealkylation sites (N-methyl/N-ethyl adjacent to an activating group) is 1. The number of para-hydroxylation sites is 1. The first-order valence-electron chi connectivity index (χ1n) is 10.4. The fourth-order valence-corrected chi connectivity index (χ4v) is 4.88. The van der Waals surface area contributed by atoms with Gasteiger partial charge in [0.25, 0.3) is 0 Å². The minimum atomic E-state index is -0.404. The fourth-order valence-electron chi connectivity index (χ4n) is 3.78. The molecule has 7 nitrogen and oxygen atoms in total. The molecule has 4 rings (SSSR count). The van der Waals surface area contributed by atoms with E-state index in [9.17, 15) is 9.59 Å². The largest absolute Gasteiger partial charge is 0.465 e. The van der Waals surface area contributed by atoms with Crippen LogP contribution in [-0.4, -0.2) is 75.4 Å². The van der Waals surface area contributed by atoms with Crippen molar-refractivity contribution in [2.75, 3.05) is 58.4 Å². The van der Waals surface area contributed by atoms with Gasteiger partial charge in [0.2, 0.25) is 0 Å². The third-order valence-corrected chi connectivity index (χ3v) is 6.68. The number of benzene rings is 2. The Hall–Kier alpha value is -2.55. The number of rotatable bonds is 5. The van der Waals surface area contributed by atoms with Crippen molar-refractivity contribution in [3.63, 3.8) is 0 Å². The Morgan fingerprint density at radius 2 is 1.74 bits per heavy atom. The van der Waals surface area contributed by atoms with E-state index < -0.39 is 12.1 Å². The minimum Gasteiger partial charge on any atom is -0.465 e. The Kier molecular flexibility index (Phi) is 6.80. The second kappa shape index (κ2) is 9.72. The van der Waals surface area contributed by atoms with Gasteiger partial charge in [-0.3, -0.25) is 0 Å². The summed E-state index contributed by atoms with van der Waals surface area (Å²) >= 11 is 1.53. The lowest BCUT2D eigenvalue weighted by Crippen LogP contribution is -2.44. The lowest BCUT2D eigenvalue weighted by atomic mass is 10.1. The number of hydrogen-bond acceptors (Lipinski definition) is 7. The molecule has 0 bridgehead atoms. The zero-order chi connectivity index (χ0) is 21.8. The minimum absolute atomic E-state index is 0.368. The van der Waals surface area contributed by atoms with Gasteiger partial charge in [0.05, 0.1) is 30.7 Å². The molecule has 0 N–H and O–H groups in total. The van der Waals surface area contributed by atoms with Crippen LogP contribution in [0.15, 0.2) is 52.3 Å². The number of esters is 1. The third-order valence-electron chi connectivity index (χ3n) is 5.57. The summed E-state index contributed by atoms with van der Waals surface area (Å²) in [6, 6.07) is 12.9. The molecule has 2 aromatic rings. The lowest BCUT2D eigenvalue weighted by molar-refractivity contribution is 0.0600. The molecule has 31 heavy (non-hydrogen) atoms. The molecule has 8 heteroatoms. The number of nitrogens with zero attached hydrogens (tertiary/aromatic N) is 3. The van der Waals surface area contributed by atoms with Crippen molar-refractivity contribution in [3.8, 4) is 0 Å². The summed E-state index contributed by atoms with van der Waals surface area (Å²) in [4.78, 5) is 33.1. The molecule has 0 saturated carbocycles. The monoisotopic (exact) mass is 441 g/mol. The van der Waals surface area contributed by atoms with Gasteiger partial charge >= 0.3 is 12.1 Å². The van der Waals surface area contributed by atoms with E-state index >= 15 is 0 Å². The van der Waals surface area contributed by atoms with Gasteiger partial charge in [-0.25, -0.2) is 14.5 Å². The normalized spacial score (nSPS) is 16.4.